The highest BCUT2D eigenvalue weighted by Gasteiger charge is 2.15. The third-order valence-electron chi connectivity index (χ3n) is 3.59. The summed E-state index contributed by atoms with van der Waals surface area (Å²) in [6.07, 6.45) is 0. The van der Waals surface area contributed by atoms with E-state index in [0.717, 1.165) is 22.8 Å². The Morgan fingerprint density at radius 2 is 1.96 bits per heavy atom. The van der Waals surface area contributed by atoms with Crippen LogP contribution in [0.1, 0.15) is 32.2 Å². The van der Waals surface area contributed by atoms with E-state index < -0.39 is 5.97 Å². The number of carbonyl (C=O) groups is 2. The maximum atomic E-state index is 12.4. The van der Waals surface area contributed by atoms with Crippen LogP contribution in [-0.2, 0) is 4.74 Å². The number of amides is 1. The smallest absolute Gasteiger partial charge is 0.337 e. The van der Waals surface area contributed by atoms with Gasteiger partial charge in [0.25, 0.3) is 5.91 Å². The highest BCUT2D eigenvalue weighted by atomic mass is 32.1. The Bertz CT molecular complexity index is 942. The Balaban J connectivity index is 1.78. The van der Waals surface area contributed by atoms with Crippen molar-refractivity contribution in [1.82, 2.24) is 4.98 Å². The molecule has 2 aromatic heterocycles. The van der Waals surface area contributed by atoms with Crippen molar-refractivity contribution in [3.63, 3.8) is 0 Å². The zero-order valence-corrected chi connectivity index (χ0v) is 14.8. The Morgan fingerprint density at radius 1 is 1.20 bits per heavy atom. The second-order valence-electron chi connectivity index (χ2n) is 5.39. The minimum absolute atomic E-state index is 0.319. The first kappa shape index (κ1) is 16.9. The molecular weight excluding hydrogens is 340 g/mol. The highest BCUT2D eigenvalue weighted by molar-refractivity contribution is 7.14. The van der Waals surface area contributed by atoms with Crippen LogP contribution in [0.3, 0.4) is 0 Å². The molecule has 1 amide bonds. The first-order valence-corrected chi connectivity index (χ1v) is 8.38. The number of methoxy groups -OCH3 is 1. The van der Waals surface area contributed by atoms with Crippen LogP contribution in [0.25, 0.3) is 11.3 Å². The maximum absolute atomic E-state index is 12.4. The summed E-state index contributed by atoms with van der Waals surface area (Å²) in [6.45, 7) is 3.75. The Kier molecular flexibility index (Phi) is 4.67. The first-order valence-electron chi connectivity index (χ1n) is 7.50. The number of ether oxygens (including phenoxy) is 1. The summed E-state index contributed by atoms with van der Waals surface area (Å²) in [5.74, 6) is 0.765. The standard InChI is InChI=1S/C18H16N2O4S/c1-10-7-14(11(2)24-10)15-9-25-18(19-15)20-16(21)12-5-4-6-13(8-12)17(22)23-3/h4-9H,1-3H3,(H,19,20,21). The average molecular weight is 356 g/mol. The molecule has 7 heteroatoms. The SMILES string of the molecule is COC(=O)c1cccc(C(=O)Nc2nc(-c3cc(C)oc3C)cs2)c1. The molecule has 3 aromatic rings. The van der Waals surface area contributed by atoms with Crippen molar-refractivity contribution in [2.24, 2.45) is 0 Å². The predicted octanol–water partition coefficient (Wildman–Crippen LogP) is 4.06. The van der Waals surface area contributed by atoms with E-state index in [1.807, 2.05) is 25.3 Å². The molecule has 0 aliphatic rings. The Morgan fingerprint density at radius 3 is 2.64 bits per heavy atom. The van der Waals surface area contributed by atoms with Crippen LogP contribution in [-0.4, -0.2) is 24.0 Å². The monoisotopic (exact) mass is 356 g/mol. The summed E-state index contributed by atoms with van der Waals surface area (Å²) in [6, 6.07) is 8.25. The average Bonchev–Trinajstić information content (AvgIpc) is 3.19. The molecule has 128 valence electrons. The van der Waals surface area contributed by atoms with Gasteiger partial charge in [0.05, 0.1) is 18.4 Å². The zero-order valence-electron chi connectivity index (χ0n) is 14.0. The third-order valence-corrected chi connectivity index (χ3v) is 4.35. The van der Waals surface area contributed by atoms with Crippen LogP contribution >= 0.6 is 11.3 Å². The van der Waals surface area contributed by atoms with Gasteiger partial charge < -0.3 is 9.15 Å². The van der Waals surface area contributed by atoms with Crippen LogP contribution in [0.4, 0.5) is 5.13 Å². The molecule has 0 saturated heterocycles. The molecule has 3 rings (SSSR count). The van der Waals surface area contributed by atoms with Gasteiger partial charge in [0, 0.05) is 16.5 Å². The van der Waals surface area contributed by atoms with E-state index in [0.29, 0.717) is 16.3 Å². The lowest BCUT2D eigenvalue weighted by atomic mass is 10.1. The molecule has 0 atom stereocenters. The van der Waals surface area contributed by atoms with E-state index >= 15 is 0 Å². The van der Waals surface area contributed by atoms with Crippen molar-refractivity contribution >= 4 is 28.3 Å². The van der Waals surface area contributed by atoms with Gasteiger partial charge in [-0.3, -0.25) is 10.1 Å². The number of esters is 1. The van der Waals surface area contributed by atoms with Gasteiger partial charge >= 0.3 is 5.97 Å². The fourth-order valence-corrected chi connectivity index (χ4v) is 3.12. The number of hydrogen-bond donors (Lipinski definition) is 1. The van der Waals surface area contributed by atoms with E-state index in [1.54, 1.807) is 18.2 Å². The number of anilines is 1. The zero-order chi connectivity index (χ0) is 18.0. The summed E-state index contributed by atoms with van der Waals surface area (Å²) in [7, 11) is 1.30. The molecule has 0 aliphatic carbocycles. The number of aromatic nitrogens is 1. The van der Waals surface area contributed by atoms with Gasteiger partial charge in [-0.25, -0.2) is 9.78 Å². The van der Waals surface area contributed by atoms with Gasteiger partial charge in [0.2, 0.25) is 0 Å². The Labute approximate surface area is 148 Å². The highest BCUT2D eigenvalue weighted by Crippen LogP contribution is 2.29. The molecule has 2 heterocycles. The lowest BCUT2D eigenvalue weighted by Gasteiger charge is -2.04. The van der Waals surface area contributed by atoms with Crippen LogP contribution in [0, 0.1) is 13.8 Å². The summed E-state index contributed by atoms with van der Waals surface area (Å²) in [5, 5.41) is 5.08. The van der Waals surface area contributed by atoms with Crippen molar-refractivity contribution < 1.29 is 18.7 Å². The molecule has 0 fully saturated rings. The van der Waals surface area contributed by atoms with Crippen LogP contribution < -0.4 is 5.32 Å². The lowest BCUT2D eigenvalue weighted by Crippen LogP contribution is -2.13. The quantitative estimate of drug-likeness (QED) is 0.713. The number of thiazole rings is 1. The van der Waals surface area contributed by atoms with Gasteiger partial charge in [-0.2, -0.15) is 0 Å². The Hall–Kier alpha value is -2.93. The third kappa shape index (κ3) is 3.61. The van der Waals surface area contributed by atoms with E-state index in [1.165, 1.54) is 24.5 Å². The van der Waals surface area contributed by atoms with Gasteiger partial charge in [0.15, 0.2) is 5.13 Å². The van der Waals surface area contributed by atoms with Crippen LogP contribution in [0.5, 0.6) is 0 Å². The molecule has 0 saturated carbocycles. The molecule has 0 spiro atoms. The molecule has 0 unspecified atom stereocenters. The molecule has 25 heavy (non-hydrogen) atoms. The van der Waals surface area contributed by atoms with Gasteiger partial charge in [-0.1, -0.05) is 6.07 Å². The summed E-state index contributed by atoms with van der Waals surface area (Å²) in [5.41, 5.74) is 2.33. The number of furan rings is 1. The van der Waals surface area contributed by atoms with E-state index in [2.05, 4.69) is 15.0 Å². The summed E-state index contributed by atoms with van der Waals surface area (Å²) >= 11 is 1.32. The van der Waals surface area contributed by atoms with Crippen molar-refractivity contribution in [3.05, 3.63) is 58.4 Å². The molecule has 1 aromatic carbocycles. The van der Waals surface area contributed by atoms with Crippen molar-refractivity contribution in [2.45, 2.75) is 13.8 Å². The minimum atomic E-state index is -0.489. The van der Waals surface area contributed by atoms with Gasteiger partial charge in [-0.15, -0.1) is 11.3 Å². The van der Waals surface area contributed by atoms with Crippen LogP contribution in [0.15, 0.2) is 40.1 Å². The topological polar surface area (TPSA) is 81.4 Å². The molecule has 0 aliphatic heterocycles. The molecule has 1 N–H and O–H groups in total. The number of hydrogen-bond acceptors (Lipinski definition) is 6. The number of nitrogens with one attached hydrogen (secondary N) is 1. The van der Waals surface area contributed by atoms with Crippen LogP contribution in [0.2, 0.25) is 0 Å². The predicted molar refractivity (Wildman–Crippen MR) is 95.0 cm³/mol. The van der Waals surface area contributed by atoms with Crippen molar-refractivity contribution in [3.8, 4) is 11.3 Å². The fraction of sp³-hybridized carbons (Fsp3) is 0.167. The van der Waals surface area contributed by atoms with E-state index in [9.17, 15) is 9.59 Å². The fourth-order valence-electron chi connectivity index (χ4n) is 2.41. The van der Waals surface area contributed by atoms with E-state index in [-0.39, 0.29) is 5.91 Å². The summed E-state index contributed by atoms with van der Waals surface area (Å²) < 4.78 is 10.2. The summed E-state index contributed by atoms with van der Waals surface area (Å²) in [4.78, 5) is 28.4. The number of benzene rings is 1. The number of nitrogens with zero attached hydrogens (tertiary/aromatic N) is 1. The second kappa shape index (κ2) is 6.90. The first-order chi connectivity index (χ1) is 12.0. The molecule has 0 bridgehead atoms. The van der Waals surface area contributed by atoms with Gasteiger partial charge in [0.1, 0.15) is 11.5 Å². The molecular formula is C18H16N2O4S. The normalized spacial score (nSPS) is 10.5. The van der Waals surface area contributed by atoms with E-state index in [4.69, 9.17) is 4.42 Å². The number of carbonyl (C=O) groups excluding carboxylic acids is 2. The number of aryl methyl sites for hydroxylation is 2. The molecule has 0 radical (unpaired) electrons. The lowest BCUT2D eigenvalue weighted by molar-refractivity contribution is 0.0600. The van der Waals surface area contributed by atoms with Crippen molar-refractivity contribution in [2.75, 3.05) is 12.4 Å². The van der Waals surface area contributed by atoms with Gasteiger partial charge in [-0.05, 0) is 38.1 Å². The minimum Gasteiger partial charge on any atom is -0.466 e. The number of rotatable bonds is 4. The molecule has 6 nitrogen and oxygen atoms in total. The second-order valence-corrected chi connectivity index (χ2v) is 6.25. The van der Waals surface area contributed by atoms with Crippen molar-refractivity contribution in [1.29, 1.82) is 0 Å². The largest absolute Gasteiger partial charge is 0.466 e. The maximum Gasteiger partial charge on any atom is 0.337 e.